The van der Waals surface area contributed by atoms with Crippen molar-refractivity contribution in [3.8, 4) is 0 Å². The first-order valence-electron chi connectivity index (χ1n) is 8.50. The molecule has 0 spiro atoms. The summed E-state index contributed by atoms with van der Waals surface area (Å²) < 4.78 is 0. The lowest BCUT2D eigenvalue weighted by Gasteiger charge is -2.22. The number of hydrogen-bond donors (Lipinski definition) is 1. The zero-order valence-electron chi connectivity index (χ0n) is 14.0. The summed E-state index contributed by atoms with van der Waals surface area (Å²) in [6.07, 6.45) is 0.820. The Kier molecular flexibility index (Phi) is 5.59. The highest BCUT2D eigenvalue weighted by molar-refractivity contribution is 8.00. The quantitative estimate of drug-likeness (QED) is 0.847. The number of nitrogens with zero attached hydrogens (tertiary/aromatic N) is 1. The van der Waals surface area contributed by atoms with Gasteiger partial charge in [-0.25, -0.2) is 0 Å². The largest absolute Gasteiger partial charge is 0.339 e. The molecule has 1 saturated heterocycles. The van der Waals surface area contributed by atoms with Crippen molar-refractivity contribution in [1.82, 2.24) is 4.90 Å². The van der Waals surface area contributed by atoms with Crippen molar-refractivity contribution >= 4 is 17.7 Å². The third-order valence-electron chi connectivity index (χ3n) is 4.57. The minimum atomic E-state index is -0.0471. The number of carbonyl (C=O) groups excluding carboxylic acids is 1. The van der Waals surface area contributed by atoms with E-state index in [1.807, 2.05) is 41.3 Å². The summed E-state index contributed by atoms with van der Waals surface area (Å²) in [6.45, 7) is 3.43. The molecule has 126 valence electrons. The van der Waals surface area contributed by atoms with Gasteiger partial charge in [0.1, 0.15) is 0 Å². The van der Waals surface area contributed by atoms with E-state index in [1.54, 1.807) is 11.8 Å². The second-order valence-electron chi connectivity index (χ2n) is 6.25. The number of benzene rings is 2. The molecular weight excluding hydrogens is 316 g/mol. The number of nitrogens with two attached hydrogens (primary N) is 1. The SMILES string of the molecule is CCC(Sc1ccccc1)C(=O)N1C[C@@H](N)[C@H](c2ccccc2)C1. The summed E-state index contributed by atoms with van der Waals surface area (Å²) in [6, 6.07) is 20.4. The minimum absolute atomic E-state index is 0.00980. The number of rotatable bonds is 5. The minimum Gasteiger partial charge on any atom is -0.339 e. The van der Waals surface area contributed by atoms with Crippen molar-refractivity contribution in [3.05, 3.63) is 66.2 Å². The average Bonchev–Trinajstić information content (AvgIpc) is 3.02. The van der Waals surface area contributed by atoms with Crippen molar-refractivity contribution < 1.29 is 4.79 Å². The third-order valence-corrected chi connectivity index (χ3v) is 5.94. The topological polar surface area (TPSA) is 46.3 Å². The Balaban J connectivity index is 1.68. The van der Waals surface area contributed by atoms with Gasteiger partial charge in [-0.05, 0) is 24.1 Å². The predicted molar refractivity (Wildman–Crippen MR) is 100 cm³/mol. The van der Waals surface area contributed by atoms with Gasteiger partial charge in [0, 0.05) is 29.9 Å². The normalized spacial score (nSPS) is 21.7. The molecule has 0 radical (unpaired) electrons. The summed E-state index contributed by atoms with van der Waals surface area (Å²) in [7, 11) is 0. The molecule has 2 N–H and O–H groups in total. The van der Waals surface area contributed by atoms with Crippen LogP contribution in [0.15, 0.2) is 65.6 Å². The molecule has 0 saturated carbocycles. The van der Waals surface area contributed by atoms with E-state index < -0.39 is 0 Å². The van der Waals surface area contributed by atoms with Gasteiger partial charge in [-0.15, -0.1) is 11.8 Å². The molecule has 1 fully saturated rings. The molecule has 3 atom stereocenters. The van der Waals surface area contributed by atoms with E-state index in [9.17, 15) is 4.79 Å². The number of thioether (sulfide) groups is 1. The van der Waals surface area contributed by atoms with Gasteiger partial charge in [0.25, 0.3) is 0 Å². The van der Waals surface area contributed by atoms with Crippen molar-refractivity contribution in [1.29, 1.82) is 0 Å². The Hall–Kier alpha value is -1.78. The van der Waals surface area contributed by atoms with E-state index in [-0.39, 0.29) is 23.1 Å². The smallest absolute Gasteiger partial charge is 0.236 e. The van der Waals surface area contributed by atoms with Crippen LogP contribution in [-0.2, 0) is 4.79 Å². The zero-order valence-corrected chi connectivity index (χ0v) is 14.8. The third kappa shape index (κ3) is 3.82. The molecule has 0 aromatic heterocycles. The molecule has 24 heavy (non-hydrogen) atoms. The van der Waals surface area contributed by atoms with Gasteiger partial charge in [0.05, 0.1) is 5.25 Å². The highest BCUT2D eigenvalue weighted by Crippen LogP contribution is 2.31. The lowest BCUT2D eigenvalue weighted by Crippen LogP contribution is -2.37. The molecular formula is C20H24N2OS. The highest BCUT2D eigenvalue weighted by atomic mass is 32.2. The molecule has 3 nitrogen and oxygen atoms in total. The maximum Gasteiger partial charge on any atom is 0.236 e. The molecule has 2 aromatic carbocycles. The molecule has 1 aliphatic rings. The van der Waals surface area contributed by atoms with E-state index >= 15 is 0 Å². The van der Waals surface area contributed by atoms with Crippen LogP contribution in [0.5, 0.6) is 0 Å². The molecule has 1 unspecified atom stereocenters. The summed E-state index contributed by atoms with van der Waals surface area (Å²) in [5.41, 5.74) is 7.56. The van der Waals surface area contributed by atoms with Gasteiger partial charge >= 0.3 is 0 Å². The number of carbonyl (C=O) groups is 1. The molecule has 1 aliphatic heterocycles. The molecule has 2 aromatic rings. The summed E-state index contributed by atoms with van der Waals surface area (Å²) in [5.74, 6) is 0.439. The van der Waals surface area contributed by atoms with Crippen LogP contribution >= 0.6 is 11.8 Å². The number of hydrogen-bond acceptors (Lipinski definition) is 3. The van der Waals surface area contributed by atoms with Crippen LogP contribution in [0.2, 0.25) is 0 Å². The molecule has 0 aliphatic carbocycles. The summed E-state index contributed by atoms with van der Waals surface area (Å²) >= 11 is 1.65. The van der Waals surface area contributed by atoms with Gasteiger partial charge in [-0.1, -0.05) is 55.5 Å². The van der Waals surface area contributed by atoms with Crippen molar-refractivity contribution in [3.63, 3.8) is 0 Å². The Morgan fingerprint density at radius 3 is 2.38 bits per heavy atom. The van der Waals surface area contributed by atoms with E-state index in [0.29, 0.717) is 6.54 Å². The zero-order chi connectivity index (χ0) is 16.9. The Bertz CT molecular complexity index is 662. The van der Waals surface area contributed by atoms with E-state index in [4.69, 9.17) is 5.73 Å². The fraction of sp³-hybridized carbons (Fsp3) is 0.350. The second kappa shape index (κ2) is 7.86. The first-order valence-corrected chi connectivity index (χ1v) is 9.38. The maximum atomic E-state index is 13.0. The lowest BCUT2D eigenvalue weighted by molar-refractivity contribution is -0.129. The molecule has 0 bridgehead atoms. The Labute approximate surface area is 148 Å². The fourth-order valence-electron chi connectivity index (χ4n) is 3.24. The summed E-state index contributed by atoms with van der Waals surface area (Å²) in [4.78, 5) is 16.0. The molecule has 1 heterocycles. The van der Waals surface area contributed by atoms with Crippen molar-refractivity contribution in [2.45, 2.75) is 35.4 Å². The fourth-order valence-corrected chi connectivity index (χ4v) is 4.30. The van der Waals surface area contributed by atoms with Gasteiger partial charge in [-0.2, -0.15) is 0 Å². The number of amides is 1. The van der Waals surface area contributed by atoms with E-state index in [1.165, 1.54) is 5.56 Å². The first-order chi connectivity index (χ1) is 11.7. The first kappa shape index (κ1) is 17.1. The van der Waals surface area contributed by atoms with Crippen molar-refractivity contribution in [2.24, 2.45) is 5.73 Å². The maximum absolute atomic E-state index is 13.0. The Morgan fingerprint density at radius 2 is 1.75 bits per heavy atom. The lowest BCUT2D eigenvalue weighted by atomic mass is 9.95. The Morgan fingerprint density at radius 1 is 1.12 bits per heavy atom. The second-order valence-corrected chi connectivity index (χ2v) is 7.53. The molecule has 3 rings (SSSR count). The summed E-state index contributed by atoms with van der Waals surface area (Å²) in [5, 5.41) is -0.0471. The van der Waals surface area contributed by atoms with Crippen LogP contribution in [0.4, 0.5) is 0 Å². The van der Waals surface area contributed by atoms with Gasteiger partial charge < -0.3 is 10.6 Å². The van der Waals surface area contributed by atoms with Crippen molar-refractivity contribution in [2.75, 3.05) is 13.1 Å². The standard InChI is InChI=1S/C20H24N2OS/c1-2-19(24-16-11-7-4-8-12-16)20(23)22-13-17(18(21)14-22)15-9-5-3-6-10-15/h3-12,17-19H,2,13-14,21H2,1H3/t17-,18+,19?/m0/s1. The van der Waals surface area contributed by atoms with Crippen LogP contribution in [-0.4, -0.2) is 35.2 Å². The van der Waals surface area contributed by atoms with Crippen LogP contribution in [0.1, 0.15) is 24.8 Å². The highest BCUT2D eigenvalue weighted by Gasteiger charge is 2.36. The number of likely N-dealkylation sites (tertiary alicyclic amines) is 1. The monoisotopic (exact) mass is 340 g/mol. The van der Waals surface area contributed by atoms with Gasteiger partial charge in [-0.3, -0.25) is 4.79 Å². The van der Waals surface area contributed by atoms with Crippen LogP contribution < -0.4 is 5.73 Å². The van der Waals surface area contributed by atoms with Crippen LogP contribution in [0.3, 0.4) is 0 Å². The molecule has 4 heteroatoms. The van der Waals surface area contributed by atoms with Crippen LogP contribution in [0, 0.1) is 0 Å². The van der Waals surface area contributed by atoms with E-state index in [2.05, 4.69) is 31.2 Å². The van der Waals surface area contributed by atoms with Gasteiger partial charge in [0.15, 0.2) is 0 Å². The van der Waals surface area contributed by atoms with Gasteiger partial charge in [0.2, 0.25) is 5.91 Å². The predicted octanol–water partition coefficient (Wildman–Crippen LogP) is 3.51. The van der Waals surface area contributed by atoms with E-state index in [0.717, 1.165) is 17.9 Å². The van der Waals surface area contributed by atoms with Crippen LogP contribution in [0.25, 0.3) is 0 Å². The molecule has 1 amide bonds. The average molecular weight is 340 g/mol.